The second-order valence-corrected chi connectivity index (χ2v) is 4.79. The fourth-order valence-corrected chi connectivity index (χ4v) is 2.32. The van der Waals surface area contributed by atoms with Gasteiger partial charge >= 0.3 is 5.97 Å². The first-order valence-corrected chi connectivity index (χ1v) is 6.67. The summed E-state index contributed by atoms with van der Waals surface area (Å²) in [6.07, 6.45) is 2.46. The van der Waals surface area contributed by atoms with Crippen LogP contribution >= 0.6 is 0 Å². The number of benzene rings is 1. The van der Waals surface area contributed by atoms with E-state index in [1.54, 1.807) is 0 Å². The molecule has 0 unspecified atom stereocenters. The number of rotatable bonds is 6. The number of nitrogens with zero attached hydrogens (tertiary/aromatic N) is 1. The van der Waals surface area contributed by atoms with Crippen LogP contribution in [0.5, 0.6) is 11.5 Å². The molecule has 1 saturated heterocycles. The van der Waals surface area contributed by atoms with Crippen molar-refractivity contribution in [2.24, 2.45) is 0 Å². The fourth-order valence-electron chi connectivity index (χ4n) is 2.32. The molecule has 0 saturated carbocycles. The molecule has 6 heteroatoms. The standard InChI is InChI=1S/C14H20N2O4/c1-19-12-9-11(15)10(14(17)18)8-13(12)20-7-6-16-4-2-3-5-16/h8-9H,2-7,15H2,1H3,(H,17,18). The SMILES string of the molecule is COc1cc(N)c(C(=O)O)cc1OCCN1CCCC1. The van der Waals surface area contributed by atoms with Gasteiger partial charge in [-0.15, -0.1) is 0 Å². The lowest BCUT2D eigenvalue weighted by molar-refractivity contribution is 0.0697. The Balaban J connectivity index is 2.04. The third kappa shape index (κ3) is 3.33. The number of anilines is 1. The summed E-state index contributed by atoms with van der Waals surface area (Å²) in [6.45, 7) is 3.53. The molecule has 0 spiro atoms. The van der Waals surface area contributed by atoms with Crippen molar-refractivity contribution in [3.8, 4) is 11.5 Å². The second-order valence-electron chi connectivity index (χ2n) is 4.79. The Kier molecular flexibility index (Phi) is 4.68. The van der Waals surface area contributed by atoms with Crippen molar-refractivity contribution in [3.63, 3.8) is 0 Å². The van der Waals surface area contributed by atoms with Crippen molar-refractivity contribution in [3.05, 3.63) is 17.7 Å². The molecule has 1 aliphatic heterocycles. The van der Waals surface area contributed by atoms with Gasteiger partial charge in [0, 0.05) is 18.7 Å². The molecule has 0 bridgehead atoms. The van der Waals surface area contributed by atoms with Gasteiger partial charge in [0.2, 0.25) is 0 Å². The molecular weight excluding hydrogens is 260 g/mol. The molecule has 1 heterocycles. The average molecular weight is 280 g/mol. The summed E-state index contributed by atoms with van der Waals surface area (Å²) in [5.41, 5.74) is 5.87. The molecule has 110 valence electrons. The highest BCUT2D eigenvalue weighted by atomic mass is 16.5. The number of aromatic carboxylic acids is 1. The van der Waals surface area contributed by atoms with Crippen LogP contribution in [-0.2, 0) is 0 Å². The summed E-state index contributed by atoms with van der Waals surface area (Å²) in [6, 6.07) is 2.90. The summed E-state index contributed by atoms with van der Waals surface area (Å²) < 4.78 is 10.8. The number of carboxylic acid groups (broad SMARTS) is 1. The number of carbonyl (C=O) groups is 1. The lowest BCUT2D eigenvalue weighted by Gasteiger charge is -2.17. The van der Waals surface area contributed by atoms with Crippen LogP contribution in [0.25, 0.3) is 0 Å². The highest BCUT2D eigenvalue weighted by Gasteiger charge is 2.16. The zero-order chi connectivity index (χ0) is 14.5. The Bertz CT molecular complexity index is 484. The van der Waals surface area contributed by atoms with E-state index in [9.17, 15) is 4.79 Å². The lowest BCUT2D eigenvalue weighted by atomic mass is 10.1. The molecular formula is C14H20N2O4. The molecule has 6 nitrogen and oxygen atoms in total. The highest BCUT2D eigenvalue weighted by Crippen LogP contribution is 2.32. The van der Waals surface area contributed by atoms with Crippen LogP contribution in [0.2, 0.25) is 0 Å². The van der Waals surface area contributed by atoms with Crippen LogP contribution in [0.3, 0.4) is 0 Å². The Morgan fingerprint density at radius 2 is 2.05 bits per heavy atom. The maximum Gasteiger partial charge on any atom is 0.337 e. The van der Waals surface area contributed by atoms with Crippen LogP contribution in [0.1, 0.15) is 23.2 Å². The summed E-state index contributed by atoms with van der Waals surface area (Å²) in [5, 5.41) is 9.07. The fraction of sp³-hybridized carbons (Fsp3) is 0.500. The van der Waals surface area contributed by atoms with E-state index in [1.165, 1.54) is 32.1 Å². The van der Waals surface area contributed by atoms with Crippen LogP contribution in [0.4, 0.5) is 5.69 Å². The zero-order valence-corrected chi connectivity index (χ0v) is 11.6. The van der Waals surface area contributed by atoms with Crippen molar-refractivity contribution in [1.82, 2.24) is 4.90 Å². The van der Waals surface area contributed by atoms with Gasteiger partial charge in [0.25, 0.3) is 0 Å². The summed E-state index contributed by atoms with van der Waals surface area (Å²) in [5.74, 6) is -0.207. The van der Waals surface area contributed by atoms with Gasteiger partial charge in [0.1, 0.15) is 6.61 Å². The van der Waals surface area contributed by atoms with E-state index in [-0.39, 0.29) is 11.3 Å². The predicted molar refractivity (Wildman–Crippen MR) is 75.5 cm³/mol. The van der Waals surface area contributed by atoms with E-state index >= 15 is 0 Å². The van der Waals surface area contributed by atoms with Crippen molar-refractivity contribution >= 4 is 11.7 Å². The van der Waals surface area contributed by atoms with Gasteiger partial charge < -0.3 is 20.3 Å². The van der Waals surface area contributed by atoms with Crippen LogP contribution in [-0.4, -0.2) is 49.3 Å². The number of nitrogens with two attached hydrogens (primary N) is 1. The average Bonchev–Trinajstić information content (AvgIpc) is 2.92. The van der Waals surface area contributed by atoms with Gasteiger partial charge in [0.05, 0.1) is 18.4 Å². The topological polar surface area (TPSA) is 85.0 Å². The smallest absolute Gasteiger partial charge is 0.337 e. The van der Waals surface area contributed by atoms with Gasteiger partial charge in [-0.05, 0) is 25.9 Å². The normalized spacial score (nSPS) is 15.2. The summed E-state index contributed by atoms with van der Waals surface area (Å²) in [7, 11) is 1.50. The van der Waals surface area contributed by atoms with Crippen LogP contribution in [0, 0.1) is 0 Å². The first kappa shape index (κ1) is 14.5. The third-order valence-corrected chi connectivity index (χ3v) is 3.43. The van der Waals surface area contributed by atoms with E-state index in [0.29, 0.717) is 18.1 Å². The second kappa shape index (κ2) is 6.47. The number of carboxylic acids is 1. The minimum Gasteiger partial charge on any atom is -0.493 e. The Hall–Kier alpha value is -1.95. The molecule has 0 amide bonds. The van der Waals surface area contributed by atoms with Crippen LogP contribution < -0.4 is 15.2 Å². The Labute approximate surface area is 118 Å². The van der Waals surface area contributed by atoms with Gasteiger partial charge in [-0.1, -0.05) is 0 Å². The zero-order valence-electron chi connectivity index (χ0n) is 11.6. The molecule has 1 aromatic carbocycles. The minimum atomic E-state index is -1.07. The summed E-state index contributed by atoms with van der Waals surface area (Å²) in [4.78, 5) is 13.4. The quantitative estimate of drug-likeness (QED) is 0.767. The van der Waals surface area contributed by atoms with E-state index in [2.05, 4.69) is 4.90 Å². The maximum atomic E-state index is 11.1. The van der Waals surface area contributed by atoms with E-state index in [0.717, 1.165) is 19.6 Å². The summed E-state index contributed by atoms with van der Waals surface area (Å²) >= 11 is 0. The first-order chi connectivity index (χ1) is 9.61. The highest BCUT2D eigenvalue weighted by molar-refractivity contribution is 5.94. The van der Waals surface area contributed by atoms with Crippen molar-refractivity contribution in [2.75, 3.05) is 39.1 Å². The number of hydrogen-bond acceptors (Lipinski definition) is 5. The molecule has 1 aromatic rings. The van der Waals surface area contributed by atoms with E-state index in [1.807, 2.05) is 0 Å². The molecule has 2 rings (SSSR count). The predicted octanol–water partition coefficient (Wildman–Crippen LogP) is 1.45. The largest absolute Gasteiger partial charge is 0.493 e. The third-order valence-electron chi connectivity index (χ3n) is 3.43. The van der Waals surface area contributed by atoms with Gasteiger partial charge in [-0.3, -0.25) is 4.90 Å². The maximum absolute atomic E-state index is 11.1. The Morgan fingerprint density at radius 3 is 2.65 bits per heavy atom. The molecule has 1 aliphatic rings. The molecule has 3 N–H and O–H groups in total. The number of nitrogen functional groups attached to an aromatic ring is 1. The lowest BCUT2D eigenvalue weighted by Crippen LogP contribution is -2.25. The molecule has 0 aromatic heterocycles. The van der Waals surface area contributed by atoms with Crippen LogP contribution in [0.15, 0.2) is 12.1 Å². The number of hydrogen-bond donors (Lipinski definition) is 2. The van der Waals surface area contributed by atoms with Gasteiger partial charge in [-0.25, -0.2) is 4.79 Å². The van der Waals surface area contributed by atoms with Gasteiger partial charge in [0.15, 0.2) is 11.5 Å². The monoisotopic (exact) mass is 280 g/mol. The molecule has 0 radical (unpaired) electrons. The number of likely N-dealkylation sites (tertiary alicyclic amines) is 1. The number of ether oxygens (including phenoxy) is 2. The molecule has 20 heavy (non-hydrogen) atoms. The molecule has 1 fully saturated rings. The number of methoxy groups -OCH3 is 1. The first-order valence-electron chi connectivity index (χ1n) is 6.67. The van der Waals surface area contributed by atoms with Crippen molar-refractivity contribution in [1.29, 1.82) is 0 Å². The molecule has 0 atom stereocenters. The van der Waals surface area contributed by atoms with Gasteiger partial charge in [-0.2, -0.15) is 0 Å². The van der Waals surface area contributed by atoms with Crippen molar-refractivity contribution in [2.45, 2.75) is 12.8 Å². The van der Waals surface area contributed by atoms with E-state index in [4.69, 9.17) is 20.3 Å². The van der Waals surface area contributed by atoms with Crippen molar-refractivity contribution < 1.29 is 19.4 Å². The van der Waals surface area contributed by atoms with E-state index < -0.39 is 5.97 Å². The Morgan fingerprint density at radius 1 is 1.35 bits per heavy atom. The molecule has 0 aliphatic carbocycles. The minimum absolute atomic E-state index is 0.0296.